The molecule has 4 nitrogen and oxygen atoms in total. The average molecular weight is 185 g/mol. The first-order chi connectivity index (χ1) is 3.72. The van der Waals surface area contributed by atoms with Gasteiger partial charge in [-0.25, -0.2) is 0 Å². The molecular weight excluding hydrogens is 175 g/mol. The second kappa shape index (κ2) is 4.24. The summed E-state index contributed by atoms with van der Waals surface area (Å²) in [6, 6.07) is 0. The van der Waals surface area contributed by atoms with E-state index in [9.17, 15) is 0 Å². The highest BCUT2D eigenvalue weighted by Crippen LogP contribution is 2.08. The molecule has 10 heavy (non-hydrogen) atoms. The minimum absolute atomic E-state index is 0. The van der Waals surface area contributed by atoms with E-state index in [-0.39, 0.29) is 24.8 Å². The van der Waals surface area contributed by atoms with Gasteiger partial charge in [0.25, 0.3) is 0 Å². The summed E-state index contributed by atoms with van der Waals surface area (Å²) in [5, 5.41) is 3.78. The van der Waals surface area contributed by atoms with Gasteiger partial charge in [-0.2, -0.15) is 5.10 Å². The van der Waals surface area contributed by atoms with Crippen molar-refractivity contribution < 1.29 is 0 Å². The minimum Gasteiger partial charge on any atom is -0.394 e. The Morgan fingerprint density at radius 1 is 1.40 bits per heavy atom. The van der Waals surface area contributed by atoms with Gasteiger partial charge in [-0.3, -0.25) is 4.68 Å². The molecule has 0 unspecified atom stereocenters. The molecule has 1 aromatic rings. The number of nitrogens with zero attached hydrogens (tertiary/aromatic N) is 2. The second-order valence-corrected chi connectivity index (χ2v) is 1.61. The van der Waals surface area contributed by atoms with E-state index >= 15 is 0 Å². The Kier molecular flexibility index (Phi) is 5.14. The highest BCUT2D eigenvalue weighted by Gasteiger charge is 1.95. The van der Waals surface area contributed by atoms with Crippen LogP contribution < -0.4 is 11.5 Å². The summed E-state index contributed by atoms with van der Waals surface area (Å²) < 4.78 is 1.52. The van der Waals surface area contributed by atoms with Crippen LogP contribution in [0.25, 0.3) is 0 Å². The van der Waals surface area contributed by atoms with E-state index in [1.54, 1.807) is 7.05 Å². The van der Waals surface area contributed by atoms with Crippen molar-refractivity contribution in [3.8, 4) is 0 Å². The van der Waals surface area contributed by atoms with Gasteiger partial charge < -0.3 is 11.5 Å². The summed E-state index contributed by atoms with van der Waals surface area (Å²) in [6.07, 6.45) is 1.52. The molecule has 4 N–H and O–H groups in total. The van der Waals surface area contributed by atoms with Gasteiger partial charge in [0, 0.05) is 7.05 Å². The fraction of sp³-hybridized carbons (Fsp3) is 0.250. The molecule has 0 aliphatic carbocycles. The molecule has 1 aromatic heterocycles. The Balaban J connectivity index is 0. The molecule has 0 spiro atoms. The van der Waals surface area contributed by atoms with Gasteiger partial charge in [-0.05, 0) is 0 Å². The third-order valence-electron chi connectivity index (χ3n) is 1.01. The lowest BCUT2D eigenvalue weighted by Gasteiger charge is -1.90. The Labute approximate surface area is 71.4 Å². The van der Waals surface area contributed by atoms with Crippen LogP contribution in [0.2, 0.25) is 0 Å². The van der Waals surface area contributed by atoms with Gasteiger partial charge in [0.05, 0.1) is 11.9 Å². The van der Waals surface area contributed by atoms with Crippen molar-refractivity contribution in [3.05, 3.63) is 6.20 Å². The van der Waals surface area contributed by atoms with Gasteiger partial charge >= 0.3 is 0 Å². The van der Waals surface area contributed by atoms with E-state index in [1.165, 1.54) is 10.9 Å². The number of aryl methyl sites for hydroxylation is 1. The molecule has 6 heteroatoms. The molecule has 1 heterocycles. The monoisotopic (exact) mass is 184 g/mol. The molecule has 60 valence electrons. The standard InChI is InChI=1S/C4H8N4.2ClH/c1-8-4(6)3(5)2-7-8;;/h2H,5-6H2,1H3;2*1H. The number of nitrogens with two attached hydrogens (primary N) is 2. The lowest BCUT2D eigenvalue weighted by molar-refractivity contribution is 0.779. The summed E-state index contributed by atoms with van der Waals surface area (Å²) in [6.45, 7) is 0. The largest absolute Gasteiger partial charge is 0.394 e. The van der Waals surface area contributed by atoms with Crippen LogP contribution in [0.5, 0.6) is 0 Å². The van der Waals surface area contributed by atoms with Crippen molar-refractivity contribution >= 4 is 36.3 Å². The molecular formula is C4H10Cl2N4. The van der Waals surface area contributed by atoms with Crippen molar-refractivity contribution in [2.45, 2.75) is 0 Å². The molecule has 0 saturated carbocycles. The Morgan fingerprint density at radius 3 is 2.00 bits per heavy atom. The third kappa shape index (κ3) is 1.97. The van der Waals surface area contributed by atoms with Gasteiger partial charge in [0.2, 0.25) is 0 Å². The number of hydrogen-bond donors (Lipinski definition) is 2. The first kappa shape index (κ1) is 12.1. The van der Waals surface area contributed by atoms with Crippen LogP contribution in [0.15, 0.2) is 6.20 Å². The molecule has 0 radical (unpaired) electrons. The van der Waals surface area contributed by atoms with E-state index < -0.39 is 0 Å². The van der Waals surface area contributed by atoms with E-state index in [4.69, 9.17) is 11.5 Å². The molecule has 0 aliphatic rings. The second-order valence-electron chi connectivity index (χ2n) is 1.61. The van der Waals surface area contributed by atoms with Crippen LogP contribution >= 0.6 is 24.8 Å². The normalized spacial score (nSPS) is 7.70. The topological polar surface area (TPSA) is 69.9 Å². The first-order valence-corrected chi connectivity index (χ1v) is 2.25. The lowest BCUT2D eigenvalue weighted by Crippen LogP contribution is -1.98. The summed E-state index contributed by atoms with van der Waals surface area (Å²) >= 11 is 0. The summed E-state index contributed by atoms with van der Waals surface area (Å²) in [5.74, 6) is 0.519. The number of hydrogen-bond acceptors (Lipinski definition) is 3. The van der Waals surface area contributed by atoms with Crippen molar-refractivity contribution in [2.24, 2.45) is 7.05 Å². The maximum atomic E-state index is 5.38. The van der Waals surface area contributed by atoms with Gasteiger partial charge in [0.15, 0.2) is 0 Å². The smallest absolute Gasteiger partial charge is 0.144 e. The SMILES string of the molecule is Cl.Cl.Cn1ncc(N)c1N. The predicted octanol–water partition coefficient (Wildman–Crippen LogP) is 0.428. The first-order valence-electron chi connectivity index (χ1n) is 2.25. The zero-order valence-corrected chi connectivity index (χ0v) is 7.08. The number of aromatic nitrogens is 2. The Bertz CT molecular complexity index is 178. The van der Waals surface area contributed by atoms with Crippen molar-refractivity contribution in [1.82, 2.24) is 9.78 Å². The molecule has 0 aromatic carbocycles. The molecule has 0 fully saturated rings. The summed E-state index contributed by atoms with van der Waals surface area (Å²) in [7, 11) is 1.74. The van der Waals surface area contributed by atoms with Crippen molar-refractivity contribution in [2.75, 3.05) is 11.5 Å². The zero-order chi connectivity index (χ0) is 6.15. The van der Waals surface area contributed by atoms with E-state index in [2.05, 4.69) is 5.10 Å². The number of rotatable bonds is 0. The van der Waals surface area contributed by atoms with Gasteiger partial charge in [-0.1, -0.05) is 0 Å². The average Bonchev–Trinajstić information content (AvgIpc) is 1.98. The van der Waals surface area contributed by atoms with E-state index in [0.717, 1.165) is 0 Å². The molecule has 0 saturated heterocycles. The van der Waals surface area contributed by atoms with Crippen molar-refractivity contribution in [1.29, 1.82) is 0 Å². The van der Waals surface area contributed by atoms with Crippen LogP contribution in [0.1, 0.15) is 0 Å². The van der Waals surface area contributed by atoms with Crippen LogP contribution in [-0.2, 0) is 7.05 Å². The molecule has 0 atom stereocenters. The van der Waals surface area contributed by atoms with E-state index in [1.807, 2.05) is 0 Å². The number of halogens is 2. The van der Waals surface area contributed by atoms with Crippen LogP contribution in [-0.4, -0.2) is 9.78 Å². The summed E-state index contributed by atoms with van der Waals surface area (Å²) in [5.41, 5.74) is 11.2. The maximum absolute atomic E-state index is 5.38. The zero-order valence-electron chi connectivity index (χ0n) is 5.44. The molecule has 0 amide bonds. The fourth-order valence-corrected chi connectivity index (χ4v) is 0.464. The van der Waals surface area contributed by atoms with Crippen LogP contribution in [0, 0.1) is 0 Å². The molecule has 1 rings (SSSR count). The Morgan fingerprint density at radius 2 is 1.90 bits per heavy atom. The molecule has 0 aliphatic heterocycles. The van der Waals surface area contributed by atoms with Gasteiger partial charge in [-0.15, -0.1) is 24.8 Å². The quantitative estimate of drug-likeness (QED) is 0.615. The van der Waals surface area contributed by atoms with Crippen LogP contribution in [0.3, 0.4) is 0 Å². The number of nitrogen functional groups attached to an aromatic ring is 2. The van der Waals surface area contributed by atoms with Crippen LogP contribution in [0.4, 0.5) is 11.5 Å². The van der Waals surface area contributed by atoms with E-state index in [0.29, 0.717) is 11.5 Å². The number of anilines is 2. The fourth-order valence-electron chi connectivity index (χ4n) is 0.464. The van der Waals surface area contributed by atoms with Gasteiger partial charge in [0.1, 0.15) is 5.82 Å². The highest BCUT2D eigenvalue weighted by atomic mass is 35.5. The minimum atomic E-state index is 0. The lowest BCUT2D eigenvalue weighted by atomic mass is 10.5. The molecule has 0 bridgehead atoms. The Hall–Kier alpha value is -0.610. The predicted molar refractivity (Wildman–Crippen MR) is 46.5 cm³/mol. The third-order valence-corrected chi connectivity index (χ3v) is 1.01. The summed E-state index contributed by atoms with van der Waals surface area (Å²) in [4.78, 5) is 0. The highest BCUT2D eigenvalue weighted by molar-refractivity contribution is 5.85. The maximum Gasteiger partial charge on any atom is 0.144 e. The van der Waals surface area contributed by atoms with Crippen molar-refractivity contribution in [3.63, 3.8) is 0 Å².